The topological polar surface area (TPSA) is 79.0 Å². The number of amides is 1. The molecule has 3 aromatic carbocycles. The number of nitrogen functional groups attached to an aromatic ring is 1. The molecule has 0 unspecified atom stereocenters. The number of benzene rings is 3. The van der Waals surface area contributed by atoms with Gasteiger partial charge in [-0.15, -0.1) is 0 Å². The number of nitrogens with two attached hydrogens (primary N) is 1. The van der Waals surface area contributed by atoms with E-state index in [0.29, 0.717) is 11.1 Å². The zero-order valence-corrected chi connectivity index (χ0v) is 14.1. The van der Waals surface area contributed by atoms with Crippen molar-refractivity contribution in [2.75, 3.05) is 11.1 Å². The van der Waals surface area contributed by atoms with E-state index in [2.05, 4.69) is 5.32 Å². The average Bonchev–Trinajstić information content (AvgIpc) is 3.48. The molecule has 4 nitrogen and oxygen atoms in total. The first-order valence-electron chi connectivity index (χ1n) is 8.51. The van der Waals surface area contributed by atoms with Gasteiger partial charge in [0.25, 0.3) is 0 Å². The van der Waals surface area contributed by atoms with Gasteiger partial charge in [0.2, 0.25) is 5.91 Å². The van der Waals surface area contributed by atoms with Crippen LogP contribution in [-0.2, 0) is 4.79 Å². The lowest BCUT2D eigenvalue weighted by Gasteiger charge is -2.13. The molecule has 1 aliphatic carbocycles. The minimum absolute atomic E-state index is 0.0321. The minimum Gasteiger partial charge on any atom is -0.398 e. The Balaban J connectivity index is 1.70. The lowest BCUT2D eigenvalue weighted by atomic mass is 9.97. The number of nitrogens with one attached hydrogen (secondary N) is 2. The number of rotatable bonds is 4. The van der Waals surface area contributed by atoms with E-state index in [-0.39, 0.29) is 28.9 Å². The number of anilines is 2. The van der Waals surface area contributed by atoms with Crippen molar-refractivity contribution in [3.05, 3.63) is 71.5 Å². The zero-order chi connectivity index (χ0) is 18.3. The summed E-state index contributed by atoms with van der Waals surface area (Å²) in [5.41, 5.74) is 7.46. The molecule has 0 atom stereocenters. The van der Waals surface area contributed by atoms with Crippen LogP contribution < -0.4 is 11.1 Å². The van der Waals surface area contributed by atoms with Crippen LogP contribution in [0.5, 0.6) is 0 Å². The third-order valence-electron chi connectivity index (χ3n) is 4.65. The highest BCUT2D eigenvalue weighted by Gasteiger charge is 2.30. The van der Waals surface area contributed by atoms with E-state index in [1.165, 1.54) is 6.07 Å². The SMILES string of the molecule is N=C(c1ccc2ccccc2c1)c1cc(NC(=O)C2CC2)c(F)cc1N. The summed E-state index contributed by atoms with van der Waals surface area (Å²) in [6.45, 7) is 0. The summed E-state index contributed by atoms with van der Waals surface area (Å²) in [4.78, 5) is 11.9. The van der Waals surface area contributed by atoms with Gasteiger partial charge in [0.15, 0.2) is 0 Å². The summed E-state index contributed by atoms with van der Waals surface area (Å²) in [5.74, 6) is -0.807. The second kappa shape index (κ2) is 6.26. The second-order valence-electron chi connectivity index (χ2n) is 6.62. The Bertz CT molecular complexity index is 1040. The average molecular weight is 347 g/mol. The number of hydrogen-bond donors (Lipinski definition) is 3. The Hall–Kier alpha value is -3.21. The highest BCUT2D eigenvalue weighted by atomic mass is 19.1. The fourth-order valence-corrected chi connectivity index (χ4v) is 2.98. The first kappa shape index (κ1) is 16.3. The molecule has 0 bridgehead atoms. The number of carbonyl (C=O) groups excluding carboxylic acids is 1. The summed E-state index contributed by atoms with van der Waals surface area (Å²) in [6.07, 6.45) is 1.67. The molecule has 1 fully saturated rings. The highest BCUT2D eigenvalue weighted by molar-refractivity contribution is 6.15. The van der Waals surface area contributed by atoms with E-state index >= 15 is 0 Å². The molecular weight excluding hydrogens is 329 g/mol. The van der Waals surface area contributed by atoms with Gasteiger partial charge >= 0.3 is 0 Å². The molecule has 1 amide bonds. The molecule has 4 N–H and O–H groups in total. The van der Waals surface area contributed by atoms with Gasteiger partial charge in [-0.1, -0.05) is 36.4 Å². The molecule has 0 heterocycles. The molecule has 1 aliphatic rings. The van der Waals surface area contributed by atoms with Crippen LogP contribution in [0.2, 0.25) is 0 Å². The molecule has 1 saturated carbocycles. The summed E-state index contributed by atoms with van der Waals surface area (Å²) in [7, 11) is 0. The predicted molar refractivity (Wildman–Crippen MR) is 102 cm³/mol. The monoisotopic (exact) mass is 347 g/mol. The fourth-order valence-electron chi connectivity index (χ4n) is 2.98. The second-order valence-corrected chi connectivity index (χ2v) is 6.62. The van der Waals surface area contributed by atoms with Crippen molar-refractivity contribution in [2.24, 2.45) is 5.92 Å². The van der Waals surface area contributed by atoms with E-state index in [0.717, 1.165) is 29.7 Å². The minimum atomic E-state index is -0.591. The molecule has 5 heteroatoms. The molecule has 26 heavy (non-hydrogen) atoms. The maximum atomic E-state index is 14.2. The van der Waals surface area contributed by atoms with Crippen LogP contribution in [-0.4, -0.2) is 11.6 Å². The van der Waals surface area contributed by atoms with E-state index in [9.17, 15) is 9.18 Å². The van der Waals surface area contributed by atoms with Gasteiger partial charge in [-0.2, -0.15) is 0 Å². The van der Waals surface area contributed by atoms with Gasteiger partial charge in [-0.3, -0.25) is 10.2 Å². The number of fused-ring (bicyclic) bond motifs is 1. The van der Waals surface area contributed by atoms with Crippen LogP contribution >= 0.6 is 0 Å². The lowest BCUT2D eigenvalue weighted by Crippen LogP contribution is -2.16. The number of hydrogen-bond acceptors (Lipinski definition) is 3. The van der Waals surface area contributed by atoms with Crippen molar-refractivity contribution in [3.8, 4) is 0 Å². The molecule has 0 aliphatic heterocycles. The van der Waals surface area contributed by atoms with Crippen molar-refractivity contribution < 1.29 is 9.18 Å². The quantitative estimate of drug-likeness (QED) is 0.485. The lowest BCUT2D eigenvalue weighted by molar-refractivity contribution is -0.117. The van der Waals surface area contributed by atoms with Gasteiger partial charge in [0.05, 0.1) is 11.4 Å². The molecular formula is C21H18FN3O. The van der Waals surface area contributed by atoms with Crippen LogP contribution in [0.3, 0.4) is 0 Å². The van der Waals surface area contributed by atoms with Crippen LogP contribution in [0.25, 0.3) is 10.8 Å². The van der Waals surface area contributed by atoms with Gasteiger partial charge in [-0.05, 0) is 41.8 Å². The highest BCUT2D eigenvalue weighted by Crippen LogP contribution is 2.32. The summed E-state index contributed by atoms with van der Waals surface area (Å²) >= 11 is 0. The molecule has 0 aromatic heterocycles. The molecule has 0 spiro atoms. The van der Waals surface area contributed by atoms with Crippen molar-refractivity contribution in [2.45, 2.75) is 12.8 Å². The Morgan fingerprint density at radius 1 is 1.08 bits per heavy atom. The molecule has 0 saturated heterocycles. The van der Waals surface area contributed by atoms with Crippen molar-refractivity contribution in [3.63, 3.8) is 0 Å². The van der Waals surface area contributed by atoms with E-state index in [1.54, 1.807) is 0 Å². The molecule has 3 aromatic rings. The van der Waals surface area contributed by atoms with E-state index < -0.39 is 5.82 Å². The molecule has 4 rings (SSSR count). The van der Waals surface area contributed by atoms with Crippen molar-refractivity contribution in [1.29, 1.82) is 5.41 Å². The Morgan fingerprint density at radius 2 is 1.81 bits per heavy atom. The summed E-state index contributed by atoms with van der Waals surface area (Å²) in [5, 5.41) is 13.2. The van der Waals surface area contributed by atoms with Crippen molar-refractivity contribution >= 4 is 33.8 Å². The smallest absolute Gasteiger partial charge is 0.227 e. The first-order chi connectivity index (χ1) is 12.5. The van der Waals surface area contributed by atoms with E-state index in [4.69, 9.17) is 11.1 Å². The van der Waals surface area contributed by atoms with Crippen LogP contribution in [0, 0.1) is 17.1 Å². The maximum absolute atomic E-state index is 14.2. The molecule has 0 radical (unpaired) electrons. The fraction of sp³-hybridized carbons (Fsp3) is 0.143. The summed E-state index contributed by atoms with van der Waals surface area (Å²) < 4.78 is 14.2. The zero-order valence-electron chi connectivity index (χ0n) is 14.1. The number of halogens is 1. The van der Waals surface area contributed by atoms with Crippen molar-refractivity contribution in [1.82, 2.24) is 0 Å². The van der Waals surface area contributed by atoms with Crippen LogP contribution in [0.15, 0.2) is 54.6 Å². The van der Waals surface area contributed by atoms with Gasteiger partial charge in [-0.25, -0.2) is 4.39 Å². The number of carbonyl (C=O) groups is 1. The standard InChI is InChI=1S/C21H18FN3O/c22-17-11-18(23)16(10-19(17)25-21(26)13-6-7-13)20(24)15-8-5-12-3-1-2-4-14(12)9-15/h1-5,8-11,13,24H,6-7,23H2,(H,25,26). The third-order valence-corrected chi connectivity index (χ3v) is 4.65. The Kier molecular flexibility index (Phi) is 3.92. The Labute approximate surface area is 150 Å². The van der Waals surface area contributed by atoms with Gasteiger partial charge in [0.1, 0.15) is 5.82 Å². The van der Waals surface area contributed by atoms with Gasteiger partial charge in [0, 0.05) is 22.7 Å². The summed E-state index contributed by atoms with van der Waals surface area (Å²) in [6, 6.07) is 16.2. The normalized spacial score (nSPS) is 13.6. The molecule has 130 valence electrons. The first-order valence-corrected chi connectivity index (χ1v) is 8.51. The Morgan fingerprint density at radius 3 is 2.54 bits per heavy atom. The largest absolute Gasteiger partial charge is 0.398 e. The predicted octanol–water partition coefficient (Wildman–Crippen LogP) is 4.33. The van der Waals surface area contributed by atoms with Gasteiger partial charge < -0.3 is 11.1 Å². The third kappa shape index (κ3) is 3.04. The van der Waals surface area contributed by atoms with E-state index in [1.807, 2.05) is 42.5 Å². The van der Waals surface area contributed by atoms with Crippen LogP contribution in [0.4, 0.5) is 15.8 Å². The van der Waals surface area contributed by atoms with Crippen LogP contribution in [0.1, 0.15) is 24.0 Å². The maximum Gasteiger partial charge on any atom is 0.227 e.